The van der Waals surface area contributed by atoms with Gasteiger partial charge in [0.1, 0.15) is 29.4 Å². The van der Waals surface area contributed by atoms with Crippen LogP contribution >= 0.6 is 0 Å². The summed E-state index contributed by atoms with van der Waals surface area (Å²) in [7, 11) is 3.03. The molecule has 0 spiro atoms. The lowest BCUT2D eigenvalue weighted by molar-refractivity contribution is -0.146. The van der Waals surface area contributed by atoms with Gasteiger partial charge in [0.25, 0.3) is 5.91 Å². The van der Waals surface area contributed by atoms with Crippen LogP contribution in [0.15, 0.2) is 42.5 Å². The SMILES string of the molecule is CNC(C)C(=O)NC(C(=O)N1CCc2ccccc2C1C(=O)Nc1c(F)cccc1F)C(C)OC. The van der Waals surface area contributed by atoms with Crippen molar-refractivity contribution in [1.29, 1.82) is 0 Å². The number of rotatable bonds is 8. The van der Waals surface area contributed by atoms with Crippen LogP contribution in [0.5, 0.6) is 0 Å². The summed E-state index contributed by atoms with van der Waals surface area (Å²) in [6, 6.07) is 7.51. The molecule has 3 N–H and O–H groups in total. The summed E-state index contributed by atoms with van der Waals surface area (Å²) in [5.74, 6) is -3.59. The number of fused-ring (bicyclic) bond motifs is 1. The van der Waals surface area contributed by atoms with Crippen molar-refractivity contribution in [2.75, 3.05) is 26.0 Å². The minimum absolute atomic E-state index is 0.165. The smallest absolute Gasteiger partial charge is 0.251 e. The molecule has 0 bridgehead atoms. The first-order valence-electron chi connectivity index (χ1n) is 11.3. The summed E-state index contributed by atoms with van der Waals surface area (Å²) in [6.07, 6.45) is -0.241. The third-order valence-corrected chi connectivity index (χ3v) is 6.26. The highest BCUT2D eigenvalue weighted by molar-refractivity contribution is 6.00. The van der Waals surface area contributed by atoms with Crippen LogP contribution in [0.3, 0.4) is 0 Å². The molecule has 0 aliphatic carbocycles. The number of hydrogen-bond donors (Lipinski definition) is 3. The van der Waals surface area contributed by atoms with Crippen LogP contribution in [-0.2, 0) is 25.5 Å². The highest BCUT2D eigenvalue weighted by Crippen LogP contribution is 2.32. The second-order valence-corrected chi connectivity index (χ2v) is 8.41. The normalized spacial score (nSPS) is 17.7. The van der Waals surface area contributed by atoms with Gasteiger partial charge < -0.3 is 25.6 Å². The van der Waals surface area contributed by atoms with Crippen molar-refractivity contribution >= 4 is 23.4 Å². The van der Waals surface area contributed by atoms with Crippen molar-refractivity contribution in [3.8, 4) is 0 Å². The molecule has 8 nitrogen and oxygen atoms in total. The Bertz CT molecular complexity index is 1080. The molecule has 0 saturated heterocycles. The minimum atomic E-state index is -1.17. The summed E-state index contributed by atoms with van der Waals surface area (Å²) >= 11 is 0. The monoisotopic (exact) mass is 488 g/mol. The van der Waals surface area contributed by atoms with Crippen LogP contribution in [0.4, 0.5) is 14.5 Å². The lowest BCUT2D eigenvalue weighted by atomic mass is 9.91. The number of benzene rings is 2. The van der Waals surface area contributed by atoms with E-state index in [1.807, 2.05) is 12.1 Å². The first-order valence-corrected chi connectivity index (χ1v) is 11.3. The van der Waals surface area contributed by atoms with Crippen LogP contribution < -0.4 is 16.0 Å². The molecule has 0 saturated carbocycles. The maximum absolute atomic E-state index is 14.3. The Morgan fingerprint density at radius 3 is 2.34 bits per heavy atom. The number of amides is 3. The van der Waals surface area contributed by atoms with Crippen molar-refractivity contribution < 1.29 is 27.9 Å². The fourth-order valence-electron chi connectivity index (χ4n) is 4.00. The summed E-state index contributed by atoms with van der Waals surface area (Å²) in [6.45, 7) is 3.44. The molecule has 1 aliphatic rings. The van der Waals surface area contributed by atoms with E-state index in [4.69, 9.17) is 4.74 Å². The number of anilines is 1. The maximum Gasteiger partial charge on any atom is 0.251 e. The van der Waals surface area contributed by atoms with Crippen molar-refractivity contribution in [2.45, 2.75) is 44.5 Å². The van der Waals surface area contributed by atoms with Crippen molar-refractivity contribution in [3.63, 3.8) is 0 Å². The van der Waals surface area contributed by atoms with Gasteiger partial charge in [0.15, 0.2) is 0 Å². The summed E-state index contributed by atoms with van der Waals surface area (Å²) in [4.78, 5) is 41.0. The van der Waals surface area contributed by atoms with E-state index in [0.29, 0.717) is 12.0 Å². The summed E-state index contributed by atoms with van der Waals surface area (Å²) < 4.78 is 33.9. The zero-order chi connectivity index (χ0) is 25.7. The average Bonchev–Trinajstić information content (AvgIpc) is 2.87. The number of likely N-dealkylation sites (N-methyl/N-ethyl adjacent to an activating group) is 1. The molecule has 4 unspecified atom stereocenters. The number of nitrogens with zero attached hydrogens (tertiary/aromatic N) is 1. The molecule has 10 heteroatoms. The molecule has 1 heterocycles. The maximum atomic E-state index is 14.3. The van der Waals surface area contributed by atoms with Crippen molar-refractivity contribution in [2.24, 2.45) is 0 Å². The summed E-state index contributed by atoms with van der Waals surface area (Å²) in [5.41, 5.74) is 0.792. The molecule has 0 fully saturated rings. The van der Waals surface area contributed by atoms with E-state index >= 15 is 0 Å². The van der Waals surface area contributed by atoms with Gasteiger partial charge in [0.2, 0.25) is 11.8 Å². The molecule has 0 radical (unpaired) electrons. The van der Waals surface area contributed by atoms with Crippen LogP contribution in [0, 0.1) is 11.6 Å². The fraction of sp³-hybridized carbons (Fsp3) is 0.400. The molecule has 2 aromatic carbocycles. The zero-order valence-electron chi connectivity index (χ0n) is 20.1. The van der Waals surface area contributed by atoms with Crippen molar-refractivity contribution in [3.05, 3.63) is 65.2 Å². The number of hydrogen-bond acceptors (Lipinski definition) is 5. The second-order valence-electron chi connectivity index (χ2n) is 8.41. The van der Waals surface area contributed by atoms with E-state index in [9.17, 15) is 23.2 Å². The predicted molar refractivity (Wildman–Crippen MR) is 127 cm³/mol. The second kappa shape index (κ2) is 11.4. The minimum Gasteiger partial charge on any atom is -0.379 e. The fourth-order valence-corrected chi connectivity index (χ4v) is 4.00. The van der Waals surface area contributed by atoms with Gasteiger partial charge in [-0.15, -0.1) is 0 Å². The molecule has 1 aliphatic heterocycles. The van der Waals surface area contributed by atoms with Crippen LogP contribution in [-0.4, -0.2) is 61.5 Å². The molecular weight excluding hydrogens is 458 g/mol. The number of ether oxygens (including phenoxy) is 1. The van der Waals surface area contributed by atoms with Gasteiger partial charge in [-0.2, -0.15) is 0 Å². The van der Waals surface area contributed by atoms with E-state index < -0.39 is 59.3 Å². The average molecular weight is 489 g/mol. The third kappa shape index (κ3) is 5.66. The molecule has 4 atom stereocenters. The number of halogens is 2. The number of nitrogens with one attached hydrogen (secondary N) is 3. The van der Waals surface area contributed by atoms with Crippen LogP contribution in [0.2, 0.25) is 0 Å². The van der Waals surface area contributed by atoms with Gasteiger partial charge in [-0.05, 0) is 50.6 Å². The van der Waals surface area contributed by atoms with Gasteiger partial charge in [0.05, 0.1) is 12.1 Å². The highest BCUT2D eigenvalue weighted by Gasteiger charge is 2.41. The van der Waals surface area contributed by atoms with Crippen LogP contribution in [0.25, 0.3) is 0 Å². The van der Waals surface area contributed by atoms with Gasteiger partial charge >= 0.3 is 0 Å². The quantitative estimate of drug-likeness (QED) is 0.529. The van der Waals surface area contributed by atoms with E-state index in [-0.39, 0.29) is 6.54 Å². The highest BCUT2D eigenvalue weighted by atomic mass is 19.1. The van der Waals surface area contributed by atoms with E-state index in [0.717, 1.165) is 17.7 Å². The van der Waals surface area contributed by atoms with Crippen LogP contribution in [0.1, 0.15) is 31.0 Å². The molecule has 3 amide bonds. The van der Waals surface area contributed by atoms with Crippen molar-refractivity contribution in [1.82, 2.24) is 15.5 Å². The number of carbonyl (C=O) groups excluding carboxylic acids is 3. The molecule has 2 aromatic rings. The van der Waals surface area contributed by atoms with Gasteiger partial charge in [-0.3, -0.25) is 14.4 Å². The zero-order valence-corrected chi connectivity index (χ0v) is 20.1. The van der Waals surface area contributed by atoms with Gasteiger partial charge in [-0.25, -0.2) is 8.78 Å². The molecule has 0 aromatic heterocycles. The van der Waals surface area contributed by atoms with E-state index in [2.05, 4.69) is 16.0 Å². The lowest BCUT2D eigenvalue weighted by Gasteiger charge is -2.39. The van der Waals surface area contributed by atoms with Gasteiger partial charge in [0, 0.05) is 13.7 Å². The number of methoxy groups -OCH3 is 1. The molecular formula is C25H30F2N4O4. The Morgan fingerprint density at radius 1 is 1.06 bits per heavy atom. The molecule has 188 valence electrons. The number of para-hydroxylation sites is 1. The summed E-state index contributed by atoms with van der Waals surface area (Å²) in [5, 5.41) is 7.82. The van der Waals surface area contributed by atoms with E-state index in [1.165, 1.54) is 18.1 Å². The Labute approximate surface area is 203 Å². The molecule has 3 rings (SSSR count). The molecule has 35 heavy (non-hydrogen) atoms. The van der Waals surface area contributed by atoms with E-state index in [1.54, 1.807) is 33.0 Å². The largest absolute Gasteiger partial charge is 0.379 e. The standard InChI is InChI=1S/C25H30F2N4O4/c1-14(28-3)23(32)29-20(15(2)35-4)25(34)31-13-12-16-8-5-6-9-17(16)22(31)24(33)30-21-18(26)10-7-11-19(21)27/h5-11,14-15,20,22,28H,12-13H2,1-4H3,(H,29,32)(H,30,33). The lowest BCUT2D eigenvalue weighted by Crippen LogP contribution is -2.59. The first-order chi connectivity index (χ1) is 16.7. The Kier molecular flexibility index (Phi) is 8.52. The third-order valence-electron chi connectivity index (χ3n) is 6.26. The number of carbonyl (C=O) groups is 3. The Morgan fingerprint density at radius 2 is 1.71 bits per heavy atom. The van der Waals surface area contributed by atoms with Gasteiger partial charge in [-0.1, -0.05) is 30.3 Å². The topological polar surface area (TPSA) is 99.8 Å². The predicted octanol–water partition coefficient (Wildman–Crippen LogP) is 2.16. The Hall–Kier alpha value is -3.37. The Balaban J connectivity index is 1.98. The first kappa shape index (κ1) is 26.2.